The minimum absolute atomic E-state index is 0.208. The van der Waals surface area contributed by atoms with E-state index in [-0.39, 0.29) is 6.10 Å². The van der Waals surface area contributed by atoms with Crippen molar-refractivity contribution in [3.05, 3.63) is 23.5 Å². The standard InChI is InChI=1S/C9H13NO/c1-10-6-5-7-8(10)3-2-4-9(7)11/h5-6,9,11H,2-4H2,1H3/t9-/m1/s1. The minimum atomic E-state index is -0.208. The number of nitrogens with zero attached hydrogens (tertiary/aromatic N) is 1. The van der Waals surface area contributed by atoms with Gasteiger partial charge in [0, 0.05) is 24.5 Å². The van der Waals surface area contributed by atoms with Gasteiger partial charge in [0.1, 0.15) is 0 Å². The Morgan fingerprint density at radius 2 is 2.45 bits per heavy atom. The molecule has 0 aliphatic heterocycles. The maximum Gasteiger partial charge on any atom is 0.0807 e. The van der Waals surface area contributed by atoms with Crippen LogP contribution in [-0.4, -0.2) is 9.67 Å². The number of aryl methyl sites for hydroxylation is 1. The average Bonchev–Trinajstić information content (AvgIpc) is 2.35. The van der Waals surface area contributed by atoms with Gasteiger partial charge >= 0.3 is 0 Å². The van der Waals surface area contributed by atoms with E-state index >= 15 is 0 Å². The van der Waals surface area contributed by atoms with Gasteiger partial charge in [0.25, 0.3) is 0 Å². The number of hydrogen-bond donors (Lipinski definition) is 1. The summed E-state index contributed by atoms with van der Waals surface area (Å²) >= 11 is 0. The SMILES string of the molecule is Cn1ccc2c1CCC[C@H]2O. The third-order valence-electron chi connectivity index (χ3n) is 2.49. The molecule has 2 nitrogen and oxygen atoms in total. The Bertz CT molecular complexity index is 265. The van der Waals surface area contributed by atoms with Crippen LogP contribution in [0, 0.1) is 0 Å². The topological polar surface area (TPSA) is 25.2 Å². The van der Waals surface area contributed by atoms with Gasteiger partial charge in [-0.25, -0.2) is 0 Å². The number of aliphatic hydroxyl groups excluding tert-OH is 1. The lowest BCUT2D eigenvalue weighted by atomic mass is 9.95. The van der Waals surface area contributed by atoms with Crippen molar-refractivity contribution in [1.82, 2.24) is 4.57 Å². The molecule has 1 atom stereocenters. The molecule has 0 bridgehead atoms. The third kappa shape index (κ3) is 0.979. The van der Waals surface area contributed by atoms with Crippen molar-refractivity contribution >= 4 is 0 Å². The molecule has 2 heteroatoms. The zero-order chi connectivity index (χ0) is 7.84. The van der Waals surface area contributed by atoms with E-state index in [0.29, 0.717) is 0 Å². The van der Waals surface area contributed by atoms with Crippen LogP contribution in [-0.2, 0) is 13.5 Å². The Hall–Kier alpha value is -0.760. The molecule has 1 heterocycles. The Labute approximate surface area is 66.5 Å². The summed E-state index contributed by atoms with van der Waals surface area (Å²) in [5.41, 5.74) is 2.45. The Morgan fingerprint density at radius 3 is 3.18 bits per heavy atom. The number of aliphatic hydroxyl groups is 1. The molecule has 0 saturated heterocycles. The van der Waals surface area contributed by atoms with Crippen LogP contribution in [0.2, 0.25) is 0 Å². The van der Waals surface area contributed by atoms with E-state index in [1.165, 1.54) is 5.69 Å². The van der Waals surface area contributed by atoms with Gasteiger partial charge in [-0.3, -0.25) is 0 Å². The molecule has 1 aromatic rings. The van der Waals surface area contributed by atoms with Crippen LogP contribution >= 0.6 is 0 Å². The molecule has 11 heavy (non-hydrogen) atoms. The van der Waals surface area contributed by atoms with Crippen LogP contribution < -0.4 is 0 Å². The van der Waals surface area contributed by atoms with Crippen molar-refractivity contribution in [3.8, 4) is 0 Å². The molecule has 0 amide bonds. The molecule has 1 aliphatic carbocycles. The van der Waals surface area contributed by atoms with Crippen molar-refractivity contribution < 1.29 is 5.11 Å². The Balaban J connectivity index is 2.46. The molecule has 0 fully saturated rings. The van der Waals surface area contributed by atoms with Gasteiger partial charge < -0.3 is 9.67 Å². The first-order valence-electron chi connectivity index (χ1n) is 4.11. The first-order chi connectivity index (χ1) is 5.29. The van der Waals surface area contributed by atoms with Crippen LogP contribution in [0.1, 0.15) is 30.2 Å². The quantitative estimate of drug-likeness (QED) is 0.595. The van der Waals surface area contributed by atoms with Gasteiger partial charge in [-0.1, -0.05) is 0 Å². The van der Waals surface area contributed by atoms with Gasteiger partial charge in [0.15, 0.2) is 0 Å². The summed E-state index contributed by atoms with van der Waals surface area (Å²) in [4.78, 5) is 0. The molecule has 1 N–H and O–H groups in total. The third-order valence-corrected chi connectivity index (χ3v) is 2.49. The number of hydrogen-bond acceptors (Lipinski definition) is 1. The lowest BCUT2D eigenvalue weighted by Crippen LogP contribution is -2.09. The maximum atomic E-state index is 9.56. The predicted molar refractivity (Wildman–Crippen MR) is 43.3 cm³/mol. The summed E-state index contributed by atoms with van der Waals surface area (Å²) in [6.45, 7) is 0. The van der Waals surface area contributed by atoms with Gasteiger partial charge in [-0.05, 0) is 25.3 Å². The monoisotopic (exact) mass is 151 g/mol. The van der Waals surface area contributed by atoms with Crippen LogP contribution in [0.25, 0.3) is 0 Å². The van der Waals surface area contributed by atoms with E-state index in [2.05, 4.69) is 4.57 Å². The number of aromatic nitrogens is 1. The molecule has 2 rings (SSSR count). The molecular weight excluding hydrogens is 138 g/mol. The fourth-order valence-electron chi connectivity index (χ4n) is 1.82. The summed E-state index contributed by atoms with van der Waals surface area (Å²) in [7, 11) is 2.04. The molecular formula is C9H13NO. The van der Waals surface area contributed by atoms with Crippen LogP contribution in [0.3, 0.4) is 0 Å². The van der Waals surface area contributed by atoms with Crippen LogP contribution in [0.4, 0.5) is 0 Å². The number of rotatable bonds is 0. The minimum Gasteiger partial charge on any atom is -0.388 e. The van der Waals surface area contributed by atoms with E-state index in [9.17, 15) is 5.11 Å². The highest BCUT2D eigenvalue weighted by Crippen LogP contribution is 2.29. The van der Waals surface area contributed by atoms with E-state index < -0.39 is 0 Å². The summed E-state index contributed by atoms with van der Waals surface area (Å²) in [6.07, 6.45) is 4.98. The zero-order valence-corrected chi connectivity index (χ0v) is 6.75. The molecule has 0 aromatic carbocycles. The van der Waals surface area contributed by atoms with Crippen molar-refractivity contribution in [2.24, 2.45) is 7.05 Å². The van der Waals surface area contributed by atoms with E-state index in [4.69, 9.17) is 0 Å². The molecule has 0 radical (unpaired) electrons. The maximum absolute atomic E-state index is 9.56. The summed E-state index contributed by atoms with van der Waals surface area (Å²) < 4.78 is 2.11. The molecule has 0 saturated carbocycles. The Kier molecular flexibility index (Phi) is 1.50. The molecule has 1 aliphatic rings. The van der Waals surface area contributed by atoms with Gasteiger partial charge in [-0.2, -0.15) is 0 Å². The summed E-state index contributed by atoms with van der Waals surface area (Å²) in [5, 5.41) is 9.56. The highest BCUT2D eigenvalue weighted by molar-refractivity contribution is 5.26. The van der Waals surface area contributed by atoms with Crippen molar-refractivity contribution in [1.29, 1.82) is 0 Å². The lowest BCUT2D eigenvalue weighted by molar-refractivity contribution is 0.156. The summed E-state index contributed by atoms with van der Waals surface area (Å²) in [5.74, 6) is 0. The first kappa shape index (κ1) is 6.92. The van der Waals surface area contributed by atoms with Crippen molar-refractivity contribution in [2.75, 3.05) is 0 Å². The molecule has 1 aromatic heterocycles. The zero-order valence-electron chi connectivity index (χ0n) is 6.75. The first-order valence-corrected chi connectivity index (χ1v) is 4.11. The highest BCUT2D eigenvalue weighted by Gasteiger charge is 2.19. The second-order valence-electron chi connectivity index (χ2n) is 3.24. The lowest BCUT2D eigenvalue weighted by Gasteiger charge is -2.18. The molecule has 0 spiro atoms. The normalized spacial score (nSPS) is 23.3. The van der Waals surface area contributed by atoms with E-state index in [1.807, 2.05) is 19.3 Å². The van der Waals surface area contributed by atoms with Gasteiger partial charge in [0.05, 0.1) is 6.10 Å². The highest BCUT2D eigenvalue weighted by atomic mass is 16.3. The summed E-state index contributed by atoms with van der Waals surface area (Å²) in [6, 6.07) is 2.03. The van der Waals surface area contributed by atoms with Gasteiger partial charge in [-0.15, -0.1) is 0 Å². The second-order valence-corrected chi connectivity index (χ2v) is 3.24. The van der Waals surface area contributed by atoms with E-state index in [0.717, 1.165) is 24.8 Å². The number of fused-ring (bicyclic) bond motifs is 1. The van der Waals surface area contributed by atoms with Gasteiger partial charge in [0.2, 0.25) is 0 Å². The molecule has 60 valence electrons. The average molecular weight is 151 g/mol. The van der Waals surface area contributed by atoms with Crippen molar-refractivity contribution in [2.45, 2.75) is 25.4 Å². The van der Waals surface area contributed by atoms with Crippen LogP contribution in [0.15, 0.2) is 12.3 Å². The largest absolute Gasteiger partial charge is 0.388 e. The molecule has 0 unspecified atom stereocenters. The van der Waals surface area contributed by atoms with Crippen molar-refractivity contribution in [3.63, 3.8) is 0 Å². The fourth-order valence-corrected chi connectivity index (χ4v) is 1.82. The smallest absolute Gasteiger partial charge is 0.0807 e. The predicted octanol–water partition coefficient (Wildman–Crippen LogP) is 1.39. The van der Waals surface area contributed by atoms with E-state index in [1.54, 1.807) is 0 Å². The fraction of sp³-hybridized carbons (Fsp3) is 0.556. The van der Waals surface area contributed by atoms with Crippen LogP contribution in [0.5, 0.6) is 0 Å². The second kappa shape index (κ2) is 2.38. The Morgan fingerprint density at radius 1 is 1.64 bits per heavy atom.